The fourth-order valence-corrected chi connectivity index (χ4v) is 1.33. The van der Waals surface area contributed by atoms with E-state index in [-0.39, 0.29) is 5.60 Å². The summed E-state index contributed by atoms with van der Waals surface area (Å²) < 4.78 is 0. The molecule has 0 aliphatic heterocycles. The lowest BCUT2D eigenvalue weighted by Gasteiger charge is -2.47. The normalized spacial score (nSPS) is 55.5. The lowest BCUT2D eigenvalue weighted by Crippen LogP contribution is -2.50. The minimum atomic E-state index is -0.361. The lowest BCUT2D eigenvalue weighted by molar-refractivity contribution is -0.121. The van der Waals surface area contributed by atoms with Gasteiger partial charge < -0.3 is 5.11 Å². The van der Waals surface area contributed by atoms with Crippen LogP contribution in [0.3, 0.4) is 0 Å². The molecule has 8 heavy (non-hydrogen) atoms. The fraction of sp³-hybridized carbons (Fsp3) is 1.00. The number of aliphatic hydroxyl groups is 1. The van der Waals surface area contributed by atoms with Gasteiger partial charge in [-0.05, 0) is 25.2 Å². The van der Waals surface area contributed by atoms with E-state index in [0.29, 0.717) is 11.8 Å². The maximum Gasteiger partial charge on any atom is 0.0670 e. The zero-order valence-electron chi connectivity index (χ0n) is 5.81. The molecule has 1 rings (SSSR count). The zero-order chi connectivity index (χ0) is 6.36. The molecule has 2 unspecified atom stereocenters. The second-order valence-electron chi connectivity index (χ2n) is 3.26. The highest BCUT2D eigenvalue weighted by Crippen LogP contribution is 2.42. The van der Waals surface area contributed by atoms with Gasteiger partial charge in [-0.15, -0.1) is 0 Å². The molecule has 1 nitrogen and oxygen atoms in total. The predicted molar refractivity (Wildman–Crippen MR) is 33.6 cm³/mol. The van der Waals surface area contributed by atoms with Gasteiger partial charge in [0, 0.05) is 0 Å². The molecule has 1 saturated carbocycles. The standard InChI is InChI=1S/C7H14O/c1-5-4-6(2)7(5,3)8/h5-6,8H,4H2,1-3H3. The maximum atomic E-state index is 9.45. The monoisotopic (exact) mass is 114 g/mol. The lowest BCUT2D eigenvalue weighted by atomic mass is 9.64. The summed E-state index contributed by atoms with van der Waals surface area (Å²) in [4.78, 5) is 0. The van der Waals surface area contributed by atoms with Gasteiger partial charge in [0.25, 0.3) is 0 Å². The Morgan fingerprint density at radius 1 is 1.38 bits per heavy atom. The van der Waals surface area contributed by atoms with Crippen LogP contribution < -0.4 is 0 Å². The summed E-state index contributed by atoms with van der Waals surface area (Å²) in [6.45, 7) is 6.12. The van der Waals surface area contributed by atoms with Crippen LogP contribution in [0.25, 0.3) is 0 Å². The largest absolute Gasteiger partial charge is 0.390 e. The predicted octanol–water partition coefficient (Wildman–Crippen LogP) is 1.41. The van der Waals surface area contributed by atoms with Gasteiger partial charge in [0.2, 0.25) is 0 Å². The third-order valence-corrected chi connectivity index (χ3v) is 2.70. The zero-order valence-corrected chi connectivity index (χ0v) is 5.81. The molecular weight excluding hydrogens is 100 g/mol. The van der Waals surface area contributed by atoms with Crippen LogP contribution in [0.5, 0.6) is 0 Å². The van der Waals surface area contributed by atoms with Crippen molar-refractivity contribution in [1.82, 2.24) is 0 Å². The minimum Gasteiger partial charge on any atom is -0.390 e. The Bertz CT molecular complexity index is 86.6. The van der Waals surface area contributed by atoms with Crippen molar-refractivity contribution in [2.24, 2.45) is 11.8 Å². The van der Waals surface area contributed by atoms with Crippen LogP contribution in [0, 0.1) is 11.8 Å². The van der Waals surface area contributed by atoms with Gasteiger partial charge in [-0.3, -0.25) is 0 Å². The van der Waals surface area contributed by atoms with Gasteiger partial charge >= 0.3 is 0 Å². The van der Waals surface area contributed by atoms with Crippen LogP contribution >= 0.6 is 0 Å². The average Bonchev–Trinajstić information content (AvgIpc) is 1.68. The number of hydrogen-bond acceptors (Lipinski definition) is 1. The van der Waals surface area contributed by atoms with Crippen molar-refractivity contribution >= 4 is 0 Å². The molecule has 1 N–H and O–H groups in total. The summed E-state index contributed by atoms with van der Waals surface area (Å²) in [5.41, 5.74) is -0.361. The molecule has 1 heteroatoms. The SMILES string of the molecule is CC1CC(C)C1(C)O. The van der Waals surface area contributed by atoms with Crippen molar-refractivity contribution in [3.8, 4) is 0 Å². The van der Waals surface area contributed by atoms with E-state index in [4.69, 9.17) is 0 Å². The summed E-state index contributed by atoms with van der Waals surface area (Å²) in [6.07, 6.45) is 1.19. The van der Waals surface area contributed by atoms with Crippen molar-refractivity contribution in [2.75, 3.05) is 0 Å². The highest BCUT2D eigenvalue weighted by Gasteiger charge is 2.44. The summed E-state index contributed by atoms with van der Waals surface area (Å²) >= 11 is 0. The van der Waals surface area contributed by atoms with Crippen LogP contribution in [0.2, 0.25) is 0 Å². The highest BCUT2D eigenvalue weighted by atomic mass is 16.3. The molecule has 0 heterocycles. The van der Waals surface area contributed by atoms with Crippen molar-refractivity contribution in [3.05, 3.63) is 0 Å². The first-order chi connectivity index (χ1) is 3.55. The molecule has 0 saturated heterocycles. The number of rotatable bonds is 0. The summed E-state index contributed by atoms with van der Waals surface area (Å²) in [6, 6.07) is 0. The molecule has 0 amide bonds. The van der Waals surface area contributed by atoms with Gasteiger partial charge in [0.15, 0.2) is 0 Å². The van der Waals surface area contributed by atoms with E-state index in [0.717, 1.165) is 0 Å². The van der Waals surface area contributed by atoms with Crippen molar-refractivity contribution < 1.29 is 5.11 Å². The molecule has 1 aliphatic rings. The Morgan fingerprint density at radius 3 is 1.75 bits per heavy atom. The average molecular weight is 114 g/mol. The molecule has 0 aromatic rings. The molecule has 0 bridgehead atoms. The second-order valence-corrected chi connectivity index (χ2v) is 3.26. The molecule has 1 fully saturated rings. The highest BCUT2D eigenvalue weighted by molar-refractivity contribution is 4.95. The molecule has 0 radical (unpaired) electrons. The topological polar surface area (TPSA) is 20.2 Å². The summed E-state index contributed by atoms with van der Waals surface area (Å²) in [5, 5.41) is 9.45. The van der Waals surface area contributed by atoms with Gasteiger partial charge in [-0.25, -0.2) is 0 Å². The molecule has 0 aromatic heterocycles. The quantitative estimate of drug-likeness (QED) is 0.505. The Balaban J connectivity index is 2.52. The van der Waals surface area contributed by atoms with Gasteiger partial charge in [0.1, 0.15) is 0 Å². The van der Waals surface area contributed by atoms with Gasteiger partial charge in [-0.2, -0.15) is 0 Å². The van der Waals surface area contributed by atoms with Gasteiger partial charge in [-0.1, -0.05) is 13.8 Å². The van der Waals surface area contributed by atoms with E-state index in [9.17, 15) is 5.11 Å². The molecule has 0 aromatic carbocycles. The Morgan fingerprint density at radius 2 is 1.75 bits per heavy atom. The third kappa shape index (κ3) is 0.576. The Labute approximate surface area is 50.7 Å². The smallest absolute Gasteiger partial charge is 0.0670 e. The first-order valence-electron chi connectivity index (χ1n) is 3.27. The van der Waals surface area contributed by atoms with Crippen molar-refractivity contribution in [1.29, 1.82) is 0 Å². The Kier molecular flexibility index (Phi) is 1.12. The van der Waals surface area contributed by atoms with E-state index < -0.39 is 0 Å². The van der Waals surface area contributed by atoms with Gasteiger partial charge in [0.05, 0.1) is 5.60 Å². The molecule has 1 aliphatic carbocycles. The van der Waals surface area contributed by atoms with Crippen LogP contribution in [-0.2, 0) is 0 Å². The van der Waals surface area contributed by atoms with E-state index in [2.05, 4.69) is 13.8 Å². The van der Waals surface area contributed by atoms with E-state index in [1.807, 2.05) is 6.92 Å². The molecule has 0 spiro atoms. The van der Waals surface area contributed by atoms with Crippen LogP contribution in [0.4, 0.5) is 0 Å². The van der Waals surface area contributed by atoms with Crippen molar-refractivity contribution in [3.63, 3.8) is 0 Å². The molecular formula is C7H14O. The molecule has 48 valence electrons. The minimum absolute atomic E-state index is 0.361. The maximum absolute atomic E-state index is 9.45. The summed E-state index contributed by atoms with van der Waals surface area (Å²) in [7, 11) is 0. The number of hydrogen-bond donors (Lipinski definition) is 1. The Hall–Kier alpha value is -0.0400. The third-order valence-electron chi connectivity index (χ3n) is 2.70. The first kappa shape index (κ1) is 6.09. The van der Waals surface area contributed by atoms with Crippen molar-refractivity contribution in [2.45, 2.75) is 32.8 Å². The first-order valence-corrected chi connectivity index (χ1v) is 3.27. The van der Waals surface area contributed by atoms with Crippen LogP contribution in [0.1, 0.15) is 27.2 Å². The second kappa shape index (κ2) is 1.47. The van der Waals surface area contributed by atoms with E-state index in [1.54, 1.807) is 0 Å². The van der Waals surface area contributed by atoms with Crippen LogP contribution in [0.15, 0.2) is 0 Å². The summed E-state index contributed by atoms with van der Waals surface area (Å²) in [5.74, 6) is 1.02. The van der Waals surface area contributed by atoms with E-state index in [1.165, 1.54) is 6.42 Å². The molecule has 2 atom stereocenters. The van der Waals surface area contributed by atoms with E-state index >= 15 is 0 Å². The fourth-order valence-electron chi connectivity index (χ4n) is 1.33. The van der Waals surface area contributed by atoms with Crippen LogP contribution in [-0.4, -0.2) is 10.7 Å².